The first-order valence-electron chi connectivity index (χ1n) is 8.34. The molecule has 160 valence electrons. The summed E-state index contributed by atoms with van der Waals surface area (Å²) in [6.45, 7) is 1.21. The molecule has 1 amide bonds. The Hall–Kier alpha value is -3.20. The normalized spacial score (nSPS) is 12.7. The van der Waals surface area contributed by atoms with Crippen molar-refractivity contribution < 1.29 is 30.8 Å². The number of anilines is 1. The monoisotopic (exact) mass is 444 g/mol. The van der Waals surface area contributed by atoms with Crippen molar-refractivity contribution in [2.45, 2.75) is 25.6 Å². The zero-order valence-corrected chi connectivity index (χ0v) is 16.5. The second kappa shape index (κ2) is 8.66. The van der Waals surface area contributed by atoms with Crippen LogP contribution in [-0.4, -0.2) is 25.6 Å². The van der Waals surface area contributed by atoms with E-state index in [-0.39, 0.29) is 23.4 Å². The summed E-state index contributed by atoms with van der Waals surface area (Å²) < 4.78 is 76.5. The summed E-state index contributed by atoms with van der Waals surface area (Å²) in [4.78, 5) is 15.6. The molecule has 30 heavy (non-hydrogen) atoms. The highest BCUT2D eigenvalue weighted by molar-refractivity contribution is 7.92. The molecule has 12 heteroatoms. The maximum Gasteiger partial charge on any atom is 0.433 e. The second-order valence-corrected chi connectivity index (χ2v) is 8.12. The van der Waals surface area contributed by atoms with Crippen LogP contribution in [0, 0.1) is 17.1 Å². The van der Waals surface area contributed by atoms with Crippen molar-refractivity contribution >= 4 is 21.6 Å². The Kier molecular flexibility index (Phi) is 6.66. The number of nitrogens with zero attached hydrogens (tertiary/aromatic N) is 2. The molecule has 1 unspecified atom stereocenters. The second-order valence-electron chi connectivity index (χ2n) is 6.37. The lowest BCUT2D eigenvalue weighted by Crippen LogP contribution is -2.28. The molecule has 0 radical (unpaired) electrons. The van der Waals surface area contributed by atoms with Crippen molar-refractivity contribution in [3.05, 3.63) is 58.7 Å². The number of carbonyl (C=O) groups excluding carboxylic acids is 1. The summed E-state index contributed by atoms with van der Waals surface area (Å²) in [5.74, 6) is -2.32. The highest BCUT2D eigenvalue weighted by atomic mass is 32.2. The van der Waals surface area contributed by atoms with Crippen molar-refractivity contribution in [1.82, 2.24) is 10.3 Å². The van der Waals surface area contributed by atoms with Gasteiger partial charge < -0.3 is 5.32 Å². The van der Waals surface area contributed by atoms with E-state index in [4.69, 9.17) is 5.26 Å². The van der Waals surface area contributed by atoms with Gasteiger partial charge in [0.2, 0.25) is 15.9 Å². The molecule has 2 N–H and O–H groups in total. The van der Waals surface area contributed by atoms with Gasteiger partial charge in [0.05, 0.1) is 17.9 Å². The molecule has 1 aromatic heterocycles. The number of benzene rings is 1. The summed E-state index contributed by atoms with van der Waals surface area (Å²) in [5, 5.41) is 11.5. The molecular formula is C18H16F4N4O3S. The molecule has 0 spiro atoms. The minimum atomic E-state index is -4.70. The lowest BCUT2D eigenvalue weighted by Gasteiger charge is -2.15. The van der Waals surface area contributed by atoms with Crippen LogP contribution in [0.5, 0.6) is 0 Å². The lowest BCUT2D eigenvalue weighted by atomic mass is 9.99. The van der Waals surface area contributed by atoms with Crippen LogP contribution in [0.2, 0.25) is 0 Å². The SMILES string of the molecule is CC(C(=O)NCc1ccc(C(F)(F)F)nc1C#N)c1ccc(NS(C)(=O)=O)c(F)c1. The number of rotatable bonds is 6. The Morgan fingerprint density at radius 1 is 1.27 bits per heavy atom. The molecular weight excluding hydrogens is 428 g/mol. The first-order valence-corrected chi connectivity index (χ1v) is 10.2. The number of nitriles is 1. The molecule has 1 atom stereocenters. The van der Waals surface area contributed by atoms with Gasteiger partial charge >= 0.3 is 6.18 Å². The lowest BCUT2D eigenvalue weighted by molar-refractivity contribution is -0.141. The van der Waals surface area contributed by atoms with Gasteiger partial charge in [0, 0.05) is 12.1 Å². The van der Waals surface area contributed by atoms with E-state index in [0.29, 0.717) is 6.07 Å². The van der Waals surface area contributed by atoms with E-state index < -0.39 is 45.2 Å². The average molecular weight is 444 g/mol. The Balaban J connectivity index is 2.12. The van der Waals surface area contributed by atoms with E-state index in [2.05, 4.69) is 10.3 Å². The topological polar surface area (TPSA) is 112 Å². The number of hydrogen-bond donors (Lipinski definition) is 2. The van der Waals surface area contributed by atoms with E-state index in [1.165, 1.54) is 19.1 Å². The summed E-state index contributed by atoms with van der Waals surface area (Å²) in [6.07, 6.45) is -3.84. The summed E-state index contributed by atoms with van der Waals surface area (Å²) in [7, 11) is -3.68. The Morgan fingerprint density at radius 2 is 1.93 bits per heavy atom. The predicted molar refractivity (Wildman–Crippen MR) is 99.1 cm³/mol. The van der Waals surface area contributed by atoms with Gasteiger partial charge in [0.1, 0.15) is 23.3 Å². The minimum absolute atomic E-state index is 0.0879. The number of nitrogens with one attached hydrogen (secondary N) is 2. The molecule has 0 fully saturated rings. The maximum absolute atomic E-state index is 14.1. The molecule has 1 heterocycles. The number of amides is 1. The van der Waals surface area contributed by atoms with Crippen molar-refractivity contribution in [3.8, 4) is 6.07 Å². The molecule has 0 aliphatic heterocycles. The van der Waals surface area contributed by atoms with Crippen LogP contribution in [0.1, 0.15) is 35.4 Å². The van der Waals surface area contributed by atoms with Gasteiger partial charge in [-0.1, -0.05) is 12.1 Å². The van der Waals surface area contributed by atoms with Crippen molar-refractivity contribution in [2.24, 2.45) is 0 Å². The fraction of sp³-hybridized carbons (Fsp3) is 0.278. The first kappa shape index (κ1) is 23.1. The molecule has 2 aromatic rings. The van der Waals surface area contributed by atoms with Crippen molar-refractivity contribution in [3.63, 3.8) is 0 Å². The minimum Gasteiger partial charge on any atom is -0.351 e. The average Bonchev–Trinajstić information content (AvgIpc) is 2.65. The van der Waals surface area contributed by atoms with Gasteiger partial charge in [0.15, 0.2) is 0 Å². The third-order valence-corrected chi connectivity index (χ3v) is 4.60. The smallest absolute Gasteiger partial charge is 0.351 e. The van der Waals surface area contributed by atoms with E-state index in [1.807, 2.05) is 4.72 Å². The van der Waals surface area contributed by atoms with Crippen LogP contribution in [0.4, 0.5) is 23.2 Å². The van der Waals surface area contributed by atoms with Crippen LogP contribution in [-0.2, 0) is 27.5 Å². The molecule has 1 aromatic carbocycles. The Labute approximate surface area is 169 Å². The van der Waals surface area contributed by atoms with E-state index >= 15 is 0 Å². The van der Waals surface area contributed by atoms with Crippen molar-refractivity contribution in [2.75, 3.05) is 11.0 Å². The molecule has 0 aliphatic rings. The van der Waals surface area contributed by atoms with Gasteiger partial charge in [-0.15, -0.1) is 0 Å². The van der Waals surface area contributed by atoms with Crippen LogP contribution in [0.15, 0.2) is 30.3 Å². The molecule has 0 saturated heterocycles. The zero-order chi connectivity index (χ0) is 22.7. The van der Waals surface area contributed by atoms with Gasteiger partial charge in [-0.3, -0.25) is 9.52 Å². The number of carbonyl (C=O) groups is 1. The fourth-order valence-corrected chi connectivity index (χ4v) is 3.02. The molecule has 7 nitrogen and oxygen atoms in total. The summed E-state index contributed by atoms with van der Waals surface area (Å²) in [6, 6.07) is 6.84. The number of hydrogen-bond acceptors (Lipinski definition) is 5. The van der Waals surface area contributed by atoms with Crippen LogP contribution in [0.25, 0.3) is 0 Å². The highest BCUT2D eigenvalue weighted by Gasteiger charge is 2.33. The molecule has 0 saturated carbocycles. The number of halogens is 4. The van der Waals surface area contributed by atoms with Gasteiger partial charge in [-0.25, -0.2) is 17.8 Å². The molecule has 0 aliphatic carbocycles. The highest BCUT2D eigenvalue weighted by Crippen LogP contribution is 2.28. The van der Waals surface area contributed by atoms with Gasteiger partial charge in [0.25, 0.3) is 0 Å². The largest absolute Gasteiger partial charge is 0.433 e. The number of aromatic nitrogens is 1. The zero-order valence-electron chi connectivity index (χ0n) is 15.7. The quantitative estimate of drug-likeness (QED) is 0.666. The van der Waals surface area contributed by atoms with E-state index in [1.54, 1.807) is 6.07 Å². The van der Waals surface area contributed by atoms with Crippen LogP contribution >= 0.6 is 0 Å². The van der Waals surface area contributed by atoms with E-state index in [0.717, 1.165) is 18.4 Å². The van der Waals surface area contributed by atoms with Gasteiger partial charge in [-0.05, 0) is 30.7 Å². The third-order valence-electron chi connectivity index (χ3n) is 4.01. The van der Waals surface area contributed by atoms with E-state index in [9.17, 15) is 30.8 Å². The van der Waals surface area contributed by atoms with Crippen LogP contribution < -0.4 is 10.0 Å². The summed E-state index contributed by atoms with van der Waals surface area (Å²) >= 11 is 0. The number of pyridine rings is 1. The predicted octanol–water partition coefficient (Wildman–Crippen LogP) is 2.90. The van der Waals surface area contributed by atoms with Crippen molar-refractivity contribution in [1.29, 1.82) is 5.26 Å². The standard InChI is InChI=1S/C18H16F4N4O3S/c1-10(11-3-5-14(13(19)7-11)26-30(2,28)29)17(27)24-9-12-4-6-16(18(20,21)22)25-15(12)8-23/h3-7,10,26H,9H2,1-2H3,(H,24,27). The molecule has 2 rings (SSSR count). The number of sulfonamides is 1. The third kappa shape index (κ3) is 5.90. The summed E-state index contributed by atoms with van der Waals surface area (Å²) in [5.41, 5.74) is -1.64. The fourth-order valence-electron chi connectivity index (χ4n) is 2.46. The maximum atomic E-state index is 14.1. The Morgan fingerprint density at radius 3 is 2.47 bits per heavy atom. The number of alkyl halides is 3. The first-order chi connectivity index (χ1) is 13.8. The van der Waals surface area contributed by atoms with Crippen LogP contribution in [0.3, 0.4) is 0 Å². The van der Waals surface area contributed by atoms with Gasteiger partial charge in [-0.2, -0.15) is 18.4 Å². The molecule has 0 bridgehead atoms. The Bertz CT molecular complexity index is 1110.